The molecule has 0 aliphatic heterocycles. The summed E-state index contributed by atoms with van der Waals surface area (Å²) in [5.41, 5.74) is 1.51. The molecule has 0 nitrogen and oxygen atoms in total. The van der Waals surface area contributed by atoms with E-state index in [9.17, 15) is 0 Å². The summed E-state index contributed by atoms with van der Waals surface area (Å²) in [7, 11) is 2.74. The molecule has 0 fully saturated rings. The van der Waals surface area contributed by atoms with Crippen molar-refractivity contribution < 1.29 is 0 Å². The van der Waals surface area contributed by atoms with E-state index in [0.717, 1.165) is 5.92 Å². The van der Waals surface area contributed by atoms with Crippen molar-refractivity contribution in [2.45, 2.75) is 45.4 Å². The van der Waals surface area contributed by atoms with E-state index >= 15 is 0 Å². The predicted molar refractivity (Wildman–Crippen MR) is 68.3 cm³/mol. The Morgan fingerprint density at radius 3 is 1.93 bits per heavy atom. The minimum Gasteiger partial charge on any atom is -0.106 e. The van der Waals surface area contributed by atoms with E-state index in [-0.39, 0.29) is 0 Å². The Labute approximate surface area is 90.3 Å². The Morgan fingerprint density at radius 2 is 1.50 bits per heavy atom. The summed E-state index contributed by atoms with van der Waals surface area (Å²) < 4.78 is 0. The van der Waals surface area contributed by atoms with Gasteiger partial charge in [0.2, 0.25) is 0 Å². The van der Waals surface area contributed by atoms with Gasteiger partial charge >= 0.3 is 0 Å². The highest BCUT2D eigenvalue weighted by Gasteiger charge is 2.08. The van der Waals surface area contributed by atoms with Crippen LogP contribution in [0.3, 0.4) is 0 Å². The monoisotopic (exact) mass is 208 g/mol. The molecule has 1 atom stereocenters. The van der Waals surface area contributed by atoms with Gasteiger partial charge < -0.3 is 0 Å². The molecule has 1 aromatic carbocycles. The van der Waals surface area contributed by atoms with Gasteiger partial charge in [-0.2, -0.15) is 0 Å². The maximum Gasteiger partial charge on any atom is -0.0162 e. The van der Waals surface area contributed by atoms with Crippen LogP contribution in [0.1, 0.15) is 51.0 Å². The van der Waals surface area contributed by atoms with Crippen molar-refractivity contribution in [3.8, 4) is 0 Å². The second-order valence-electron chi connectivity index (χ2n) is 3.94. The lowest BCUT2D eigenvalue weighted by Gasteiger charge is -2.15. The summed E-state index contributed by atoms with van der Waals surface area (Å²) in [6.07, 6.45) is 5.22. The third-order valence-electron chi connectivity index (χ3n) is 2.68. The fourth-order valence-corrected chi connectivity index (χ4v) is 2.14. The topological polar surface area (TPSA) is 0 Å². The zero-order chi connectivity index (χ0) is 10.4. The first kappa shape index (κ1) is 11.7. The van der Waals surface area contributed by atoms with Gasteiger partial charge in [0.05, 0.1) is 0 Å². The summed E-state index contributed by atoms with van der Waals surface area (Å²) in [6.45, 7) is 4.54. The van der Waals surface area contributed by atoms with Crippen molar-refractivity contribution in [1.29, 1.82) is 0 Å². The van der Waals surface area contributed by atoms with Crippen LogP contribution in [0.15, 0.2) is 24.3 Å². The third-order valence-corrected chi connectivity index (χ3v) is 3.07. The molecule has 1 aromatic rings. The highest BCUT2D eigenvalue weighted by molar-refractivity contribution is 7.27. The van der Waals surface area contributed by atoms with Gasteiger partial charge in [-0.3, -0.25) is 0 Å². The third kappa shape index (κ3) is 3.42. The van der Waals surface area contributed by atoms with Crippen LogP contribution in [0.25, 0.3) is 0 Å². The summed E-state index contributed by atoms with van der Waals surface area (Å²) in [5.74, 6) is 0.774. The second-order valence-corrected chi connectivity index (χ2v) is 4.61. The van der Waals surface area contributed by atoms with E-state index in [1.165, 1.54) is 36.6 Å². The van der Waals surface area contributed by atoms with Crippen LogP contribution in [-0.4, -0.2) is 0 Å². The Hall–Kier alpha value is -0.350. The van der Waals surface area contributed by atoms with Gasteiger partial charge in [-0.25, -0.2) is 0 Å². The Kier molecular flexibility index (Phi) is 5.19. The highest BCUT2D eigenvalue weighted by atomic mass is 31.0. The molecule has 0 aliphatic carbocycles. The van der Waals surface area contributed by atoms with Gasteiger partial charge in [-0.1, -0.05) is 51.0 Å². The lowest BCUT2D eigenvalue weighted by molar-refractivity contribution is 0.561. The first-order valence-electron chi connectivity index (χ1n) is 5.63. The lowest BCUT2D eigenvalue weighted by atomic mass is 9.90. The van der Waals surface area contributed by atoms with E-state index in [0.29, 0.717) is 0 Å². The maximum atomic E-state index is 2.74. The van der Waals surface area contributed by atoms with Crippen LogP contribution < -0.4 is 5.30 Å². The molecular formula is C13H21P. The molecule has 0 N–H and O–H groups in total. The molecule has 1 unspecified atom stereocenters. The van der Waals surface area contributed by atoms with Crippen LogP contribution >= 0.6 is 9.24 Å². The second kappa shape index (κ2) is 6.19. The minimum atomic E-state index is 0.774. The van der Waals surface area contributed by atoms with E-state index in [1.807, 2.05) is 0 Å². The molecule has 0 bridgehead atoms. The molecule has 0 amide bonds. The maximum absolute atomic E-state index is 2.74. The van der Waals surface area contributed by atoms with E-state index < -0.39 is 0 Å². The predicted octanol–water partition coefficient (Wildman–Crippen LogP) is 3.87. The zero-order valence-corrected chi connectivity index (χ0v) is 10.4. The highest BCUT2D eigenvalue weighted by Crippen LogP contribution is 2.25. The molecule has 0 saturated carbocycles. The molecule has 14 heavy (non-hydrogen) atoms. The van der Waals surface area contributed by atoms with Crippen LogP contribution in [-0.2, 0) is 0 Å². The molecule has 78 valence electrons. The van der Waals surface area contributed by atoms with Gasteiger partial charge in [-0.15, -0.1) is 9.24 Å². The smallest absolute Gasteiger partial charge is 0.0162 e. The molecule has 1 rings (SSSR count). The number of hydrogen-bond acceptors (Lipinski definition) is 0. The molecule has 0 heterocycles. The molecule has 0 spiro atoms. The van der Waals surface area contributed by atoms with Crippen molar-refractivity contribution in [3.05, 3.63) is 29.8 Å². The van der Waals surface area contributed by atoms with E-state index in [4.69, 9.17) is 0 Å². The molecule has 0 saturated heterocycles. The van der Waals surface area contributed by atoms with Crippen molar-refractivity contribution in [2.24, 2.45) is 0 Å². The first-order chi connectivity index (χ1) is 6.77. The summed E-state index contributed by atoms with van der Waals surface area (Å²) >= 11 is 0. The quantitative estimate of drug-likeness (QED) is 0.644. The Balaban J connectivity index is 2.71. The molecular weight excluding hydrogens is 187 g/mol. The van der Waals surface area contributed by atoms with Gasteiger partial charge in [0.15, 0.2) is 0 Å². The standard InChI is InChI=1S/C13H21P/c1-3-5-11(6-4-2)12-7-9-13(14)10-8-12/h7-11H,3-6,14H2,1-2H3. The molecule has 0 aliphatic rings. The molecule has 1 heteroatoms. The van der Waals surface area contributed by atoms with Crippen LogP contribution in [0.4, 0.5) is 0 Å². The van der Waals surface area contributed by atoms with Gasteiger partial charge in [0.25, 0.3) is 0 Å². The zero-order valence-electron chi connectivity index (χ0n) is 9.29. The van der Waals surface area contributed by atoms with E-state index in [1.54, 1.807) is 0 Å². The number of rotatable bonds is 5. The Bertz CT molecular complexity index is 244. The van der Waals surface area contributed by atoms with E-state index in [2.05, 4.69) is 47.4 Å². The van der Waals surface area contributed by atoms with Crippen LogP contribution in [0, 0.1) is 0 Å². The summed E-state index contributed by atoms with van der Waals surface area (Å²) in [4.78, 5) is 0. The van der Waals surface area contributed by atoms with Gasteiger partial charge in [-0.05, 0) is 29.6 Å². The van der Waals surface area contributed by atoms with Crippen LogP contribution in [0.2, 0.25) is 0 Å². The lowest BCUT2D eigenvalue weighted by Crippen LogP contribution is -2.00. The number of benzene rings is 1. The SMILES string of the molecule is CCCC(CCC)c1ccc(P)cc1. The van der Waals surface area contributed by atoms with Crippen LogP contribution in [0.5, 0.6) is 0 Å². The van der Waals surface area contributed by atoms with Gasteiger partial charge in [0, 0.05) is 0 Å². The average Bonchev–Trinajstić information content (AvgIpc) is 2.19. The van der Waals surface area contributed by atoms with Crippen molar-refractivity contribution in [1.82, 2.24) is 0 Å². The first-order valence-corrected chi connectivity index (χ1v) is 6.21. The largest absolute Gasteiger partial charge is 0.106 e. The van der Waals surface area contributed by atoms with Crippen molar-refractivity contribution in [3.63, 3.8) is 0 Å². The van der Waals surface area contributed by atoms with Crippen molar-refractivity contribution in [2.75, 3.05) is 0 Å². The molecule has 0 radical (unpaired) electrons. The Morgan fingerprint density at radius 1 is 1.00 bits per heavy atom. The normalized spacial score (nSPS) is 10.9. The number of hydrogen-bond donors (Lipinski definition) is 0. The average molecular weight is 208 g/mol. The summed E-state index contributed by atoms with van der Waals surface area (Å²) in [6, 6.07) is 8.94. The summed E-state index contributed by atoms with van der Waals surface area (Å²) in [5, 5.41) is 1.28. The van der Waals surface area contributed by atoms with Crippen molar-refractivity contribution >= 4 is 14.5 Å². The molecule has 0 aromatic heterocycles. The van der Waals surface area contributed by atoms with Gasteiger partial charge in [0.1, 0.15) is 0 Å². The fraction of sp³-hybridized carbons (Fsp3) is 0.538. The minimum absolute atomic E-state index is 0.774. The fourth-order valence-electron chi connectivity index (χ4n) is 1.94.